The summed E-state index contributed by atoms with van der Waals surface area (Å²) in [6.45, 7) is 0.929. The van der Waals surface area contributed by atoms with Crippen molar-refractivity contribution in [3.63, 3.8) is 0 Å². The molecule has 0 aliphatic rings. The summed E-state index contributed by atoms with van der Waals surface area (Å²) >= 11 is 5.99. The molecule has 3 aromatic rings. The molecule has 3 aromatic carbocycles. The molecular formula is C18H16ClNO. The van der Waals surface area contributed by atoms with Crippen molar-refractivity contribution in [1.29, 1.82) is 0 Å². The standard InChI is InChI=1S/C18H16ClNO/c19-15-6-3-4-13(10-15)12-21-18-9-8-14-5-1-2-7-16(14)17(18)11-20/h1-10H,11-12,20H2. The molecule has 0 saturated heterocycles. The molecule has 0 saturated carbocycles. The molecule has 0 aromatic heterocycles. The maximum atomic E-state index is 5.99. The van der Waals surface area contributed by atoms with Crippen LogP contribution in [0.1, 0.15) is 11.1 Å². The normalized spacial score (nSPS) is 10.8. The van der Waals surface area contributed by atoms with Crippen LogP contribution < -0.4 is 10.5 Å². The molecule has 0 radical (unpaired) electrons. The second-order valence-corrected chi connectivity index (χ2v) is 5.32. The van der Waals surface area contributed by atoms with Crippen LogP contribution in [0.15, 0.2) is 60.7 Å². The van der Waals surface area contributed by atoms with Crippen molar-refractivity contribution in [2.75, 3.05) is 0 Å². The van der Waals surface area contributed by atoms with E-state index in [9.17, 15) is 0 Å². The Morgan fingerprint density at radius 2 is 1.81 bits per heavy atom. The largest absolute Gasteiger partial charge is 0.489 e. The van der Waals surface area contributed by atoms with Gasteiger partial charge in [-0.05, 0) is 34.5 Å². The minimum atomic E-state index is 0.451. The van der Waals surface area contributed by atoms with Gasteiger partial charge in [0, 0.05) is 17.1 Å². The van der Waals surface area contributed by atoms with Gasteiger partial charge >= 0.3 is 0 Å². The van der Waals surface area contributed by atoms with E-state index in [4.69, 9.17) is 22.1 Å². The number of rotatable bonds is 4. The Hall–Kier alpha value is -2.03. The second kappa shape index (κ2) is 6.17. The van der Waals surface area contributed by atoms with Gasteiger partial charge in [-0.2, -0.15) is 0 Å². The Balaban J connectivity index is 1.90. The lowest BCUT2D eigenvalue weighted by atomic mass is 10.0. The highest BCUT2D eigenvalue weighted by atomic mass is 35.5. The van der Waals surface area contributed by atoms with Crippen LogP contribution >= 0.6 is 11.6 Å². The number of nitrogens with two attached hydrogens (primary N) is 1. The Morgan fingerprint density at radius 1 is 0.952 bits per heavy atom. The monoisotopic (exact) mass is 297 g/mol. The first-order valence-electron chi connectivity index (χ1n) is 6.86. The summed E-state index contributed by atoms with van der Waals surface area (Å²) in [6, 6.07) is 19.9. The minimum Gasteiger partial charge on any atom is -0.489 e. The molecule has 0 atom stereocenters. The average Bonchev–Trinajstić information content (AvgIpc) is 2.52. The van der Waals surface area contributed by atoms with Gasteiger partial charge < -0.3 is 10.5 Å². The van der Waals surface area contributed by atoms with E-state index in [0.29, 0.717) is 18.2 Å². The summed E-state index contributed by atoms with van der Waals surface area (Å²) in [4.78, 5) is 0. The van der Waals surface area contributed by atoms with Crippen LogP contribution in [-0.2, 0) is 13.2 Å². The Morgan fingerprint density at radius 3 is 2.62 bits per heavy atom. The van der Waals surface area contributed by atoms with Crippen molar-refractivity contribution in [1.82, 2.24) is 0 Å². The zero-order valence-corrected chi connectivity index (χ0v) is 12.3. The van der Waals surface area contributed by atoms with Gasteiger partial charge in [-0.15, -0.1) is 0 Å². The van der Waals surface area contributed by atoms with Crippen LogP contribution in [0.25, 0.3) is 10.8 Å². The third kappa shape index (κ3) is 3.02. The highest BCUT2D eigenvalue weighted by Gasteiger charge is 2.07. The van der Waals surface area contributed by atoms with Gasteiger partial charge in [-0.25, -0.2) is 0 Å². The van der Waals surface area contributed by atoms with E-state index in [2.05, 4.69) is 18.2 Å². The summed E-state index contributed by atoms with van der Waals surface area (Å²) < 4.78 is 5.94. The zero-order chi connectivity index (χ0) is 14.7. The fourth-order valence-electron chi connectivity index (χ4n) is 2.45. The summed E-state index contributed by atoms with van der Waals surface area (Å²) in [6.07, 6.45) is 0. The van der Waals surface area contributed by atoms with Crippen molar-refractivity contribution < 1.29 is 4.74 Å². The number of hydrogen-bond donors (Lipinski definition) is 1. The predicted octanol–water partition coefficient (Wildman–Crippen LogP) is 4.53. The minimum absolute atomic E-state index is 0.451. The topological polar surface area (TPSA) is 35.2 Å². The van der Waals surface area contributed by atoms with Gasteiger partial charge in [0.15, 0.2) is 0 Å². The number of fused-ring (bicyclic) bond motifs is 1. The predicted molar refractivity (Wildman–Crippen MR) is 87.6 cm³/mol. The average molecular weight is 298 g/mol. The van der Waals surface area contributed by atoms with Gasteiger partial charge in [-0.1, -0.05) is 54.1 Å². The molecule has 3 rings (SSSR count). The highest BCUT2D eigenvalue weighted by Crippen LogP contribution is 2.28. The lowest BCUT2D eigenvalue weighted by molar-refractivity contribution is 0.303. The first-order valence-corrected chi connectivity index (χ1v) is 7.23. The summed E-state index contributed by atoms with van der Waals surface area (Å²) in [7, 11) is 0. The zero-order valence-electron chi connectivity index (χ0n) is 11.6. The number of hydrogen-bond acceptors (Lipinski definition) is 2. The molecule has 0 aliphatic carbocycles. The maximum absolute atomic E-state index is 5.99. The van der Waals surface area contributed by atoms with Crippen LogP contribution in [-0.4, -0.2) is 0 Å². The van der Waals surface area contributed by atoms with Crippen LogP contribution in [0, 0.1) is 0 Å². The quantitative estimate of drug-likeness (QED) is 0.768. The first-order chi connectivity index (χ1) is 10.3. The molecule has 0 fully saturated rings. The van der Waals surface area contributed by atoms with E-state index < -0.39 is 0 Å². The van der Waals surface area contributed by atoms with Crippen molar-refractivity contribution in [2.45, 2.75) is 13.2 Å². The molecule has 2 nitrogen and oxygen atoms in total. The van der Waals surface area contributed by atoms with Crippen molar-refractivity contribution in [3.8, 4) is 5.75 Å². The summed E-state index contributed by atoms with van der Waals surface area (Å²) in [5.74, 6) is 0.830. The first kappa shape index (κ1) is 13.9. The molecule has 106 valence electrons. The third-order valence-corrected chi connectivity index (χ3v) is 3.72. The third-order valence-electron chi connectivity index (χ3n) is 3.49. The number of benzene rings is 3. The molecule has 21 heavy (non-hydrogen) atoms. The van der Waals surface area contributed by atoms with Crippen LogP contribution in [0.5, 0.6) is 5.75 Å². The van der Waals surface area contributed by atoms with Gasteiger partial charge in [0.1, 0.15) is 12.4 Å². The van der Waals surface area contributed by atoms with E-state index in [-0.39, 0.29) is 0 Å². The van der Waals surface area contributed by atoms with Crippen LogP contribution in [0.2, 0.25) is 5.02 Å². The molecule has 0 bridgehead atoms. The fraction of sp³-hybridized carbons (Fsp3) is 0.111. The Labute approximate surface area is 129 Å². The molecule has 0 unspecified atom stereocenters. The number of halogens is 1. The summed E-state index contributed by atoms with van der Waals surface area (Å²) in [5, 5.41) is 3.03. The smallest absolute Gasteiger partial charge is 0.124 e. The highest BCUT2D eigenvalue weighted by molar-refractivity contribution is 6.30. The molecule has 0 aliphatic heterocycles. The lowest BCUT2D eigenvalue weighted by Crippen LogP contribution is -2.03. The second-order valence-electron chi connectivity index (χ2n) is 4.89. The van der Waals surface area contributed by atoms with Crippen molar-refractivity contribution in [2.24, 2.45) is 5.73 Å². The Bertz CT molecular complexity index is 770. The maximum Gasteiger partial charge on any atom is 0.124 e. The van der Waals surface area contributed by atoms with Crippen LogP contribution in [0.3, 0.4) is 0 Å². The van der Waals surface area contributed by atoms with Gasteiger partial charge in [0.05, 0.1) is 0 Å². The Kier molecular flexibility index (Phi) is 4.09. The van der Waals surface area contributed by atoms with Crippen LogP contribution in [0.4, 0.5) is 0 Å². The molecule has 0 heterocycles. The lowest BCUT2D eigenvalue weighted by Gasteiger charge is -2.13. The van der Waals surface area contributed by atoms with E-state index in [1.165, 1.54) is 5.39 Å². The molecule has 0 amide bonds. The van der Waals surface area contributed by atoms with E-state index in [0.717, 1.165) is 22.3 Å². The summed E-state index contributed by atoms with van der Waals surface area (Å²) in [5.41, 5.74) is 7.99. The molecular weight excluding hydrogens is 282 g/mol. The van der Waals surface area contributed by atoms with Crippen molar-refractivity contribution >= 4 is 22.4 Å². The van der Waals surface area contributed by atoms with E-state index in [1.807, 2.05) is 42.5 Å². The van der Waals surface area contributed by atoms with Gasteiger partial charge in [0.2, 0.25) is 0 Å². The van der Waals surface area contributed by atoms with E-state index >= 15 is 0 Å². The number of ether oxygens (including phenoxy) is 1. The fourth-order valence-corrected chi connectivity index (χ4v) is 2.66. The SMILES string of the molecule is NCc1c(OCc2cccc(Cl)c2)ccc2ccccc12. The van der Waals surface area contributed by atoms with Gasteiger partial charge in [0.25, 0.3) is 0 Å². The van der Waals surface area contributed by atoms with Gasteiger partial charge in [-0.3, -0.25) is 0 Å². The van der Waals surface area contributed by atoms with Crippen molar-refractivity contribution in [3.05, 3.63) is 76.8 Å². The van der Waals surface area contributed by atoms with E-state index in [1.54, 1.807) is 0 Å². The molecule has 2 N–H and O–H groups in total. The molecule has 3 heteroatoms. The molecule has 0 spiro atoms.